The third-order valence-electron chi connectivity index (χ3n) is 3.33. The fraction of sp³-hybridized carbons (Fsp3) is 0.438. The minimum absolute atomic E-state index is 0.0180. The van der Waals surface area contributed by atoms with Crippen molar-refractivity contribution in [3.63, 3.8) is 0 Å². The molecule has 0 unspecified atom stereocenters. The number of halogens is 2. The molecule has 0 aliphatic carbocycles. The molecule has 7 heteroatoms. The van der Waals surface area contributed by atoms with E-state index in [1.165, 1.54) is 29.5 Å². The molecule has 1 heterocycles. The van der Waals surface area contributed by atoms with Crippen molar-refractivity contribution in [2.75, 3.05) is 0 Å². The number of aromatic nitrogens is 1. The van der Waals surface area contributed by atoms with E-state index in [0.29, 0.717) is 11.6 Å². The summed E-state index contributed by atoms with van der Waals surface area (Å²) in [5, 5.41) is 2.83. The first-order chi connectivity index (χ1) is 10.8. The van der Waals surface area contributed by atoms with Gasteiger partial charge in [0.25, 0.3) is 0 Å². The number of thiazole rings is 1. The monoisotopic (exact) mass is 375 g/mol. The molecule has 0 fully saturated rings. The number of nitrogens with zero attached hydrogens (tertiary/aromatic N) is 1. The predicted molar refractivity (Wildman–Crippen MR) is 93.0 cm³/mol. The number of benzene rings is 1. The SMILES string of the molecule is CC(C)CCc1nc(CS(=O)(=O)Cc2c(F)cccc2Cl)cs1. The van der Waals surface area contributed by atoms with Gasteiger partial charge in [-0.2, -0.15) is 0 Å². The fourth-order valence-electron chi connectivity index (χ4n) is 2.11. The van der Waals surface area contributed by atoms with Crippen LogP contribution in [0.25, 0.3) is 0 Å². The average Bonchev–Trinajstić information content (AvgIpc) is 2.87. The van der Waals surface area contributed by atoms with Crippen molar-refractivity contribution in [1.29, 1.82) is 0 Å². The van der Waals surface area contributed by atoms with E-state index in [4.69, 9.17) is 11.6 Å². The highest BCUT2D eigenvalue weighted by atomic mass is 35.5. The van der Waals surface area contributed by atoms with Crippen molar-refractivity contribution in [3.8, 4) is 0 Å². The minimum atomic E-state index is -3.53. The van der Waals surface area contributed by atoms with Gasteiger partial charge in [0, 0.05) is 16.0 Å². The number of aryl methyl sites for hydroxylation is 1. The van der Waals surface area contributed by atoms with Crippen LogP contribution in [-0.2, 0) is 27.8 Å². The Morgan fingerprint density at radius 2 is 2.04 bits per heavy atom. The van der Waals surface area contributed by atoms with E-state index < -0.39 is 21.4 Å². The van der Waals surface area contributed by atoms with E-state index in [2.05, 4.69) is 18.8 Å². The summed E-state index contributed by atoms with van der Waals surface area (Å²) < 4.78 is 38.3. The molecular formula is C16H19ClFNO2S2. The standard InChI is InChI=1S/C16H19ClFNO2S2/c1-11(2)6-7-16-19-12(8-22-16)9-23(20,21)10-13-14(17)4-3-5-15(13)18/h3-5,8,11H,6-7,9-10H2,1-2H3. The number of rotatable bonds is 7. The van der Waals surface area contributed by atoms with E-state index in [1.807, 2.05) is 0 Å². The Labute approximate surface area is 145 Å². The van der Waals surface area contributed by atoms with Crippen LogP contribution < -0.4 is 0 Å². The Bertz CT molecular complexity index is 752. The average molecular weight is 376 g/mol. The lowest BCUT2D eigenvalue weighted by atomic mass is 10.1. The summed E-state index contributed by atoms with van der Waals surface area (Å²) in [6.07, 6.45) is 1.87. The summed E-state index contributed by atoms with van der Waals surface area (Å²) in [5.41, 5.74) is 0.533. The van der Waals surface area contributed by atoms with Gasteiger partial charge >= 0.3 is 0 Å². The van der Waals surface area contributed by atoms with Gasteiger partial charge in [-0.25, -0.2) is 17.8 Å². The largest absolute Gasteiger partial charge is 0.245 e. The van der Waals surface area contributed by atoms with Gasteiger partial charge in [0.1, 0.15) is 5.82 Å². The second-order valence-corrected chi connectivity index (χ2v) is 9.31. The van der Waals surface area contributed by atoms with Gasteiger partial charge in [0.2, 0.25) is 0 Å². The highest BCUT2D eigenvalue weighted by Crippen LogP contribution is 2.23. The van der Waals surface area contributed by atoms with Gasteiger partial charge < -0.3 is 0 Å². The second kappa shape index (κ2) is 7.73. The molecule has 0 amide bonds. The van der Waals surface area contributed by atoms with Crippen LogP contribution in [0.1, 0.15) is 36.5 Å². The first kappa shape index (κ1) is 18.4. The van der Waals surface area contributed by atoms with Crippen LogP contribution in [0.15, 0.2) is 23.6 Å². The van der Waals surface area contributed by atoms with Crippen LogP contribution >= 0.6 is 22.9 Å². The normalized spacial score (nSPS) is 12.0. The number of sulfone groups is 1. The first-order valence-corrected chi connectivity index (χ1v) is 10.4. The molecule has 0 bridgehead atoms. The van der Waals surface area contributed by atoms with E-state index in [-0.39, 0.29) is 16.3 Å². The quantitative estimate of drug-likeness (QED) is 0.708. The lowest BCUT2D eigenvalue weighted by Gasteiger charge is -2.06. The summed E-state index contributed by atoms with van der Waals surface area (Å²) in [6.45, 7) is 4.27. The molecule has 1 aromatic heterocycles. The third kappa shape index (κ3) is 5.55. The van der Waals surface area contributed by atoms with Crippen molar-refractivity contribution >= 4 is 32.8 Å². The van der Waals surface area contributed by atoms with Crippen LogP contribution in [0.3, 0.4) is 0 Å². The molecule has 0 N–H and O–H groups in total. The van der Waals surface area contributed by atoms with E-state index >= 15 is 0 Å². The molecule has 0 aliphatic heterocycles. The summed E-state index contributed by atoms with van der Waals surface area (Å²) in [7, 11) is -3.53. The summed E-state index contributed by atoms with van der Waals surface area (Å²) >= 11 is 7.36. The van der Waals surface area contributed by atoms with Crippen LogP contribution in [0.2, 0.25) is 5.02 Å². The van der Waals surface area contributed by atoms with Gasteiger partial charge in [-0.3, -0.25) is 0 Å². The lowest BCUT2D eigenvalue weighted by molar-refractivity contribution is 0.582. The van der Waals surface area contributed by atoms with Gasteiger partial charge in [0.05, 0.1) is 22.2 Å². The van der Waals surface area contributed by atoms with Crippen molar-refractivity contribution in [1.82, 2.24) is 4.98 Å². The zero-order chi connectivity index (χ0) is 17.0. The van der Waals surface area contributed by atoms with Crippen molar-refractivity contribution in [2.45, 2.75) is 38.2 Å². The maximum atomic E-state index is 13.7. The highest BCUT2D eigenvalue weighted by Gasteiger charge is 2.19. The second-order valence-electron chi connectivity index (χ2n) is 5.90. The molecule has 0 aliphatic rings. The Kier molecular flexibility index (Phi) is 6.17. The van der Waals surface area contributed by atoms with Crippen LogP contribution in [0, 0.1) is 11.7 Å². The lowest BCUT2D eigenvalue weighted by Crippen LogP contribution is -2.10. The maximum absolute atomic E-state index is 13.7. The Morgan fingerprint density at radius 3 is 2.70 bits per heavy atom. The van der Waals surface area contributed by atoms with Gasteiger partial charge in [0.15, 0.2) is 9.84 Å². The third-order valence-corrected chi connectivity index (χ3v) is 6.10. The molecule has 126 valence electrons. The van der Waals surface area contributed by atoms with Crippen LogP contribution in [0.5, 0.6) is 0 Å². The Balaban J connectivity index is 2.07. The highest BCUT2D eigenvalue weighted by molar-refractivity contribution is 7.89. The van der Waals surface area contributed by atoms with Gasteiger partial charge in [-0.05, 0) is 30.9 Å². The van der Waals surface area contributed by atoms with Crippen LogP contribution in [-0.4, -0.2) is 13.4 Å². The summed E-state index contributed by atoms with van der Waals surface area (Å²) in [4.78, 5) is 4.37. The van der Waals surface area contributed by atoms with E-state index in [9.17, 15) is 12.8 Å². The molecule has 23 heavy (non-hydrogen) atoms. The minimum Gasteiger partial charge on any atom is -0.245 e. The Hall–Kier alpha value is -0.980. The van der Waals surface area contributed by atoms with Gasteiger partial charge in [-0.15, -0.1) is 11.3 Å². The molecule has 1 aromatic carbocycles. The molecule has 2 rings (SSSR count). The van der Waals surface area contributed by atoms with Crippen molar-refractivity contribution in [3.05, 3.63) is 50.7 Å². The molecule has 2 aromatic rings. The fourth-order valence-corrected chi connectivity index (χ4v) is 4.77. The zero-order valence-electron chi connectivity index (χ0n) is 13.1. The number of hydrogen-bond donors (Lipinski definition) is 0. The molecule has 3 nitrogen and oxygen atoms in total. The van der Waals surface area contributed by atoms with Gasteiger partial charge in [-0.1, -0.05) is 31.5 Å². The number of hydrogen-bond acceptors (Lipinski definition) is 4. The van der Waals surface area contributed by atoms with Crippen molar-refractivity contribution < 1.29 is 12.8 Å². The van der Waals surface area contributed by atoms with Crippen LogP contribution in [0.4, 0.5) is 4.39 Å². The first-order valence-electron chi connectivity index (χ1n) is 7.33. The zero-order valence-corrected chi connectivity index (χ0v) is 15.4. The summed E-state index contributed by atoms with van der Waals surface area (Å²) in [6, 6.07) is 4.15. The molecule has 0 radical (unpaired) electrons. The topological polar surface area (TPSA) is 47.0 Å². The smallest absolute Gasteiger partial charge is 0.160 e. The predicted octanol–water partition coefficient (Wildman–Crippen LogP) is 4.64. The molecule has 0 atom stereocenters. The molecular weight excluding hydrogens is 357 g/mol. The van der Waals surface area contributed by atoms with E-state index in [1.54, 1.807) is 5.38 Å². The molecule has 0 saturated carbocycles. The summed E-state index contributed by atoms with van der Waals surface area (Å²) in [5.74, 6) is -0.640. The van der Waals surface area contributed by atoms with E-state index in [0.717, 1.165) is 17.8 Å². The Morgan fingerprint density at radius 1 is 1.30 bits per heavy atom. The molecule has 0 spiro atoms. The van der Waals surface area contributed by atoms with Crippen molar-refractivity contribution in [2.24, 2.45) is 5.92 Å². The maximum Gasteiger partial charge on any atom is 0.160 e. The molecule has 0 saturated heterocycles.